The van der Waals surface area contributed by atoms with Crippen molar-refractivity contribution in [3.63, 3.8) is 0 Å². The summed E-state index contributed by atoms with van der Waals surface area (Å²) in [6, 6.07) is -0.333. The monoisotopic (exact) mass is 270 g/mol. The zero-order valence-electron chi connectivity index (χ0n) is 10.0. The van der Waals surface area contributed by atoms with E-state index in [0.717, 1.165) is 0 Å². The lowest BCUT2D eigenvalue weighted by atomic mass is 10.2. The number of carbonyl (C=O) groups is 1. The highest BCUT2D eigenvalue weighted by molar-refractivity contribution is 5.76. The third kappa shape index (κ3) is 4.79. The van der Waals surface area contributed by atoms with E-state index in [2.05, 4.69) is 10.1 Å². The van der Waals surface area contributed by atoms with Gasteiger partial charge in [0.05, 0.1) is 25.2 Å². The SMILES string of the molecule is CN(C(=O)CCOCC(F)(F)F)[C@@H]1CNC[C@H]1O. The van der Waals surface area contributed by atoms with Crippen LogP contribution < -0.4 is 5.32 Å². The zero-order chi connectivity index (χ0) is 13.8. The van der Waals surface area contributed by atoms with Crippen LogP contribution in [0.4, 0.5) is 13.2 Å². The van der Waals surface area contributed by atoms with Crippen molar-refractivity contribution in [2.75, 3.05) is 33.4 Å². The Balaban J connectivity index is 2.24. The van der Waals surface area contributed by atoms with Gasteiger partial charge in [-0.1, -0.05) is 0 Å². The van der Waals surface area contributed by atoms with Gasteiger partial charge >= 0.3 is 6.18 Å². The number of amides is 1. The quantitative estimate of drug-likeness (QED) is 0.676. The molecule has 0 aromatic carbocycles. The van der Waals surface area contributed by atoms with E-state index in [1.165, 1.54) is 11.9 Å². The molecule has 0 spiro atoms. The highest BCUT2D eigenvalue weighted by Crippen LogP contribution is 2.14. The molecule has 1 saturated heterocycles. The third-order valence-corrected chi connectivity index (χ3v) is 2.77. The highest BCUT2D eigenvalue weighted by Gasteiger charge is 2.31. The first kappa shape index (κ1) is 15.2. The van der Waals surface area contributed by atoms with E-state index in [1.807, 2.05) is 0 Å². The zero-order valence-corrected chi connectivity index (χ0v) is 10.0. The third-order valence-electron chi connectivity index (χ3n) is 2.77. The first-order chi connectivity index (χ1) is 8.31. The molecule has 1 amide bonds. The van der Waals surface area contributed by atoms with Crippen molar-refractivity contribution < 1.29 is 27.8 Å². The van der Waals surface area contributed by atoms with Gasteiger partial charge in [0.1, 0.15) is 6.61 Å². The summed E-state index contributed by atoms with van der Waals surface area (Å²) in [4.78, 5) is 13.0. The molecular formula is C10H17F3N2O3. The summed E-state index contributed by atoms with van der Waals surface area (Å²) < 4.78 is 39.7. The molecule has 1 heterocycles. The van der Waals surface area contributed by atoms with Gasteiger partial charge in [-0.3, -0.25) is 4.79 Å². The number of halogens is 3. The number of nitrogens with one attached hydrogen (secondary N) is 1. The summed E-state index contributed by atoms with van der Waals surface area (Å²) >= 11 is 0. The number of hydrogen-bond acceptors (Lipinski definition) is 4. The van der Waals surface area contributed by atoms with Crippen LogP contribution in [0.15, 0.2) is 0 Å². The Bertz CT molecular complexity index is 286. The van der Waals surface area contributed by atoms with Crippen LogP contribution in [0.25, 0.3) is 0 Å². The van der Waals surface area contributed by atoms with Gasteiger partial charge in [-0.2, -0.15) is 13.2 Å². The predicted octanol–water partition coefficient (Wildman–Crippen LogP) is -0.254. The first-order valence-corrected chi connectivity index (χ1v) is 5.60. The minimum Gasteiger partial charge on any atom is -0.390 e. The van der Waals surface area contributed by atoms with Gasteiger partial charge in [-0.25, -0.2) is 0 Å². The lowest BCUT2D eigenvalue weighted by molar-refractivity contribution is -0.175. The smallest absolute Gasteiger partial charge is 0.390 e. The molecule has 1 aliphatic rings. The van der Waals surface area contributed by atoms with Crippen molar-refractivity contribution in [3.8, 4) is 0 Å². The van der Waals surface area contributed by atoms with Crippen LogP contribution in [0.2, 0.25) is 0 Å². The van der Waals surface area contributed by atoms with Gasteiger partial charge in [0.2, 0.25) is 5.91 Å². The Labute approximate surface area is 103 Å². The van der Waals surface area contributed by atoms with Crippen molar-refractivity contribution in [2.24, 2.45) is 0 Å². The second-order valence-electron chi connectivity index (χ2n) is 4.22. The van der Waals surface area contributed by atoms with Gasteiger partial charge in [-0.05, 0) is 0 Å². The van der Waals surface area contributed by atoms with Crippen molar-refractivity contribution in [3.05, 3.63) is 0 Å². The molecular weight excluding hydrogens is 253 g/mol. The second-order valence-corrected chi connectivity index (χ2v) is 4.22. The number of aliphatic hydroxyl groups is 1. The summed E-state index contributed by atoms with van der Waals surface area (Å²) in [6.45, 7) is -0.740. The van der Waals surface area contributed by atoms with E-state index in [9.17, 15) is 23.1 Å². The van der Waals surface area contributed by atoms with Gasteiger partial charge in [0.15, 0.2) is 0 Å². The number of carbonyl (C=O) groups excluding carboxylic acids is 1. The summed E-state index contributed by atoms with van der Waals surface area (Å²) in [7, 11) is 1.52. The van der Waals surface area contributed by atoms with Crippen molar-refractivity contribution in [1.82, 2.24) is 10.2 Å². The minimum absolute atomic E-state index is 0.129. The van der Waals surface area contributed by atoms with Crippen LogP contribution in [0.3, 0.4) is 0 Å². The highest BCUT2D eigenvalue weighted by atomic mass is 19.4. The number of nitrogens with zero attached hydrogens (tertiary/aromatic N) is 1. The average molecular weight is 270 g/mol. The summed E-state index contributed by atoms with van der Waals surface area (Å²) in [5, 5.41) is 12.5. The maximum absolute atomic E-state index is 11.8. The van der Waals surface area contributed by atoms with E-state index in [1.54, 1.807) is 0 Å². The second kappa shape index (κ2) is 6.35. The molecule has 0 bridgehead atoms. The van der Waals surface area contributed by atoms with E-state index >= 15 is 0 Å². The van der Waals surface area contributed by atoms with Crippen molar-refractivity contribution in [2.45, 2.75) is 24.7 Å². The molecule has 1 rings (SSSR count). The Morgan fingerprint density at radius 2 is 2.17 bits per heavy atom. The standard InChI is InChI=1S/C10H17F3N2O3/c1-15(7-4-14-5-8(7)16)9(17)2-3-18-6-10(11,12)13/h7-8,14,16H,2-6H2,1H3/t7-,8-/m1/s1. The molecule has 2 N–H and O–H groups in total. The molecule has 1 aliphatic heterocycles. The maximum atomic E-state index is 11.8. The largest absolute Gasteiger partial charge is 0.411 e. The Kier molecular flexibility index (Phi) is 5.36. The summed E-state index contributed by atoms with van der Waals surface area (Å²) in [5.74, 6) is -0.343. The molecule has 5 nitrogen and oxygen atoms in total. The van der Waals surface area contributed by atoms with Crippen molar-refractivity contribution >= 4 is 5.91 Å². The van der Waals surface area contributed by atoms with Gasteiger partial charge in [0, 0.05) is 20.1 Å². The van der Waals surface area contributed by atoms with Crippen LogP contribution in [-0.4, -0.2) is 67.6 Å². The van der Waals surface area contributed by atoms with Crippen LogP contribution in [0, 0.1) is 0 Å². The molecule has 0 radical (unpaired) electrons. The fraction of sp³-hybridized carbons (Fsp3) is 0.900. The Morgan fingerprint density at radius 3 is 2.67 bits per heavy atom. The van der Waals surface area contributed by atoms with Crippen LogP contribution in [0.1, 0.15) is 6.42 Å². The Morgan fingerprint density at radius 1 is 1.50 bits per heavy atom. The molecule has 0 aromatic heterocycles. The molecule has 106 valence electrons. The summed E-state index contributed by atoms with van der Waals surface area (Å²) in [5.41, 5.74) is 0. The number of aliphatic hydroxyl groups excluding tert-OH is 1. The van der Waals surface area contributed by atoms with E-state index in [4.69, 9.17) is 0 Å². The Hall–Kier alpha value is -0.860. The van der Waals surface area contributed by atoms with Crippen LogP contribution >= 0.6 is 0 Å². The van der Waals surface area contributed by atoms with Crippen LogP contribution in [-0.2, 0) is 9.53 Å². The molecule has 0 saturated carbocycles. The summed E-state index contributed by atoms with van der Waals surface area (Å²) in [6.07, 6.45) is -5.15. The number of likely N-dealkylation sites (N-methyl/N-ethyl adjacent to an activating group) is 1. The van der Waals surface area contributed by atoms with E-state index in [0.29, 0.717) is 13.1 Å². The lowest BCUT2D eigenvalue weighted by Gasteiger charge is -2.26. The number of β-amino-alcohol motifs (C(OH)–C–C–N with tert-alkyl or cyclic N) is 1. The molecule has 0 unspecified atom stereocenters. The van der Waals surface area contributed by atoms with Gasteiger partial charge in [-0.15, -0.1) is 0 Å². The molecule has 18 heavy (non-hydrogen) atoms. The van der Waals surface area contributed by atoms with Crippen LogP contribution in [0.5, 0.6) is 0 Å². The van der Waals surface area contributed by atoms with Crippen molar-refractivity contribution in [1.29, 1.82) is 0 Å². The van der Waals surface area contributed by atoms with E-state index < -0.39 is 18.9 Å². The normalized spacial score (nSPS) is 24.3. The molecule has 8 heteroatoms. The van der Waals surface area contributed by atoms with E-state index in [-0.39, 0.29) is 25.0 Å². The predicted molar refractivity (Wildman–Crippen MR) is 56.9 cm³/mol. The minimum atomic E-state index is -4.37. The molecule has 0 aliphatic carbocycles. The van der Waals surface area contributed by atoms with Gasteiger partial charge < -0.3 is 20.1 Å². The number of alkyl halides is 3. The molecule has 2 atom stereocenters. The molecule has 0 aromatic rings. The maximum Gasteiger partial charge on any atom is 0.411 e. The lowest BCUT2D eigenvalue weighted by Crippen LogP contribution is -2.44. The van der Waals surface area contributed by atoms with Gasteiger partial charge in [0.25, 0.3) is 0 Å². The average Bonchev–Trinajstić information content (AvgIpc) is 2.68. The number of hydrogen-bond donors (Lipinski definition) is 2. The first-order valence-electron chi connectivity index (χ1n) is 5.60. The number of rotatable bonds is 5. The number of ether oxygens (including phenoxy) is 1. The fourth-order valence-electron chi connectivity index (χ4n) is 1.75. The topological polar surface area (TPSA) is 61.8 Å². The molecule has 1 fully saturated rings. The fourth-order valence-corrected chi connectivity index (χ4v) is 1.75.